The molecule has 0 fully saturated rings. The van der Waals surface area contributed by atoms with Crippen molar-refractivity contribution in [3.05, 3.63) is 54.6 Å². The van der Waals surface area contributed by atoms with Gasteiger partial charge >= 0.3 is 0 Å². The molecule has 0 saturated carbocycles. The fourth-order valence-electron chi connectivity index (χ4n) is 2.34. The first-order chi connectivity index (χ1) is 11.6. The predicted molar refractivity (Wildman–Crippen MR) is 95.8 cm³/mol. The summed E-state index contributed by atoms with van der Waals surface area (Å²) in [5, 5.41) is 12.5. The number of amides is 1. The Bertz CT molecular complexity index is 640. The van der Waals surface area contributed by atoms with Crippen LogP contribution in [0.1, 0.15) is 20.3 Å². The molecule has 1 amide bonds. The summed E-state index contributed by atoms with van der Waals surface area (Å²) in [5.74, 6) is 0.686. The van der Waals surface area contributed by atoms with Crippen molar-refractivity contribution in [1.82, 2.24) is 5.32 Å². The van der Waals surface area contributed by atoms with Gasteiger partial charge in [-0.3, -0.25) is 4.79 Å². The van der Waals surface area contributed by atoms with Gasteiger partial charge in [-0.1, -0.05) is 62.4 Å². The lowest BCUT2D eigenvalue weighted by atomic mass is 10.0. The van der Waals surface area contributed by atoms with Gasteiger partial charge in [0.25, 0.3) is 5.91 Å². The summed E-state index contributed by atoms with van der Waals surface area (Å²) in [6.45, 7) is 4.32. The topological polar surface area (TPSA) is 58.6 Å². The third-order valence-electron chi connectivity index (χ3n) is 3.86. The molecule has 1 unspecified atom stereocenters. The maximum absolute atomic E-state index is 11.9. The fraction of sp³-hybridized carbons (Fsp3) is 0.350. The van der Waals surface area contributed by atoms with E-state index < -0.39 is 6.10 Å². The first-order valence-corrected chi connectivity index (χ1v) is 8.30. The van der Waals surface area contributed by atoms with E-state index in [1.165, 1.54) is 0 Å². The van der Waals surface area contributed by atoms with Gasteiger partial charge in [0, 0.05) is 12.1 Å². The van der Waals surface area contributed by atoms with E-state index in [1.807, 2.05) is 68.4 Å². The molecule has 0 aliphatic rings. The van der Waals surface area contributed by atoms with Crippen LogP contribution in [0.15, 0.2) is 54.6 Å². The number of carbonyl (C=O) groups is 1. The highest BCUT2D eigenvalue weighted by Gasteiger charge is 2.11. The quantitative estimate of drug-likeness (QED) is 0.782. The number of rotatable bonds is 8. The van der Waals surface area contributed by atoms with E-state index >= 15 is 0 Å². The lowest BCUT2D eigenvalue weighted by molar-refractivity contribution is -0.123. The van der Waals surface area contributed by atoms with Crippen LogP contribution < -0.4 is 10.1 Å². The van der Waals surface area contributed by atoms with Crippen LogP contribution in [0.5, 0.6) is 5.75 Å². The number of benzene rings is 2. The van der Waals surface area contributed by atoms with Crippen molar-refractivity contribution >= 4 is 5.91 Å². The van der Waals surface area contributed by atoms with Crippen molar-refractivity contribution in [2.45, 2.75) is 26.4 Å². The molecule has 0 aromatic heterocycles. The van der Waals surface area contributed by atoms with Gasteiger partial charge in [0.1, 0.15) is 5.75 Å². The van der Waals surface area contributed by atoms with Gasteiger partial charge in [-0.05, 0) is 24.0 Å². The monoisotopic (exact) mass is 327 g/mol. The zero-order valence-corrected chi connectivity index (χ0v) is 14.2. The minimum atomic E-state index is -0.398. The smallest absolute Gasteiger partial charge is 0.257 e. The molecule has 2 rings (SSSR count). The SMILES string of the molecule is CC(C)C(O)CCNC(=O)COc1ccccc1-c1ccccc1. The van der Waals surface area contributed by atoms with Crippen LogP contribution in [0.4, 0.5) is 0 Å². The second kappa shape index (κ2) is 9.08. The fourth-order valence-corrected chi connectivity index (χ4v) is 2.34. The van der Waals surface area contributed by atoms with E-state index in [2.05, 4.69) is 5.32 Å². The molecule has 2 aromatic carbocycles. The van der Waals surface area contributed by atoms with Crippen LogP contribution in [0.2, 0.25) is 0 Å². The first-order valence-electron chi connectivity index (χ1n) is 8.30. The van der Waals surface area contributed by atoms with Crippen molar-refractivity contribution in [2.24, 2.45) is 5.92 Å². The molecule has 24 heavy (non-hydrogen) atoms. The van der Waals surface area contributed by atoms with E-state index in [9.17, 15) is 9.90 Å². The average molecular weight is 327 g/mol. The zero-order valence-electron chi connectivity index (χ0n) is 14.2. The molecule has 1 atom stereocenters. The number of nitrogens with one attached hydrogen (secondary N) is 1. The highest BCUT2D eigenvalue weighted by atomic mass is 16.5. The predicted octanol–water partition coefficient (Wildman–Crippen LogP) is 3.26. The number of aliphatic hydroxyl groups is 1. The van der Waals surface area contributed by atoms with Gasteiger partial charge in [-0.25, -0.2) is 0 Å². The molecular formula is C20H25NO3. The summed E-state index contributed by atoms with van der Waals surface area (Å²) in [5.41, 5.74) is 2.01. The van der Waals surface area contributed by atoms with Crippen LogP contribution in [-0.2, 0) is 4.79 Å². The normalized spacial score (nSPS) is 12.0. The van der Waals surface area contributed by atoms with E-state index in [4.69, 9.17) is 4.74 Å². The maximum atomic E-state index is 11.9. The Kier molecular flexibility index (Phi) is 6.82. The average Bonchev–Trinajstić information content (AvgIpc) is 2.60. The molecule has 2 N–H and O–H groups in total. The number of para-hydroxylation sites is 1. The van der Waals surface area contributed by atoms with Gasteiger partial charge in [-0.15, -0.1) is 0 Å². The van der Waals surface area contributed by atoms with Crippen molar-refractivity contribution in [3.63, 3.8) is 0 Å². The Morgan fingerprint density at radius 1 is 1.08 bits per heavy atom. The second-order valence-corrected chi connectivity index (χ2v) is 6.10. The maximum Gasteiger partial charge on any atom is 0.257 e. The van der Waals surface area contributed by atoms with Gasteiger partial charge in [0.15, 0.2) is 6.61 Å². The number of carbonyl (C=O) groups excluding carboxylic acids is 1. The van der Waals surface area contributed by atoms with E-state index in [-0.39, 0.29) is 18.4 Å². The standard InChI is InChI=1S/C20H25NO3/c1-15(2)18(22)12-13-21-20(23)14-24-19-11-7-6-10-17(19)16-8-4-3-5-9-16/h3-11,15,18,22H,12-14H2,1-2H3,(H,21,23). The summed E-state index contributed by atoms with van der Waals surface area (Å²) < 4.78 is 5.68. The number of aliphatic hydroxyl groups excluding tert-OH is 1. The van der Waals surface area contributed by atoms with E-state index in [1.54, 1.807) is 0 Å². The highest BCUT2D eigenvalue weighted by molar-refractivity contribution is 5.78. The van der Waals surface area contributed by atoms with Crippen LogP contribution >= 0.6 is 0 Å². The van der Waals surface area contributed by atoms with Gasteiger partial charge in [0.05, 0.1) is 6.10 Å². The third kappa shape index (κ3) is 5.39. The minimum Gasteiger partial charge on any atom is -0.483 e. The molecule has 0 aliphatic carbocycles. The minimum absolute atomic E-state index is 0.0401. The molecule has 4 nitrogen and oxygen atoms in total. The van der Waals surface area contributed by atoms with E-state index in [0.29, 0.717) is 18.7 Å². The summed E-state index contributed by atoms with van der Waals surface area (Å²) >= 11 is 0. The summed E-state index contributed by atoms with van der Waals surface area (Å²) in [7, 11) is 0. The number of ether oxygens (including phenoxy) is 1. The molecule has 0 aliphatic heterocycles. The van der Waals surface area contributed by atoms with Gasteiger partial charge in [-0.2, -0.15) is 0 Å². The first kappa shape index (κ1) is 18.0. The van der Waals surface area contributed by atoms with Crippen LogP contribution in [0.25, 0.3) is 11.1 Å². The highest BCUT2D eigenvalue weighted by Crippen LogP contribution is 2.29. The van der Waals surface area contributed by atoms with Crippen molar-refractivity contribution in [3.8, 4) is 16.9 Å². The Hall–Kier alpha value is -2.33. The molecule has 0 saturated heterocycles. The Labute approximate surface area is 143 Å². The number of hydrogen-bond acceptors (Lipinski definition) is 3. The summed E-state index contributed by atoms with van der Waals surface area (Å²) in [6.07, 6.45) is 0.148. The second-order valence-electron chi connectivity index (χ2n) is 6.10. The van der Waals surface area contributed by atoms with Gasteiger partial charge in [0.2, 0.25) is 0 Å². The van der Waals surface area contributed by atoms with Crippen molar-refractivity contribution < 1.29 is 14.6 Å². The lowest BCUT2D eigenvalue weighted by Crippen LogP contribution is -2.32. The van der Waals surface area contributed by atoms with Gasteiger partial charge < -0.3 is 15.2 Å². The number of hydrogen-bond donors (Lipinski definition) is 2. The van der Waals surface area contributed by atoms with Crippen LogP contribution in [0.3, 0.4) is 0 Å². The molecule has 0 bridgehead atoms. The van der Waals surface area contributed by atoms with Crippen LogP contribution in [-0.4, -0.2) is 30.3 Å². The largest absolute Gasteiger partial charge is 0.483 e. The molecule has 0 radical (unpaired) electrons. The molecule has 2 aromatic rings. The van der Waals surface area contributed by atoms with E-state index in [0.717, 1.165) is 11.1 Å². The molecule has 0 spiro atoms. The molecular weight excluding hydrogens is 302 g/mol. The Balaban J connectivity index is 1.87. The molecule has 4 heteroatoms. The molecule has 128 valence electrons. The lowest BCUT2D eigenvalue weighted by Gasteiger charge is -2.15. The molecule has 0 heterocycles. The Morgan fingerprint density at radius 3 is 2.46 bits per heavy atom. The van der Waals surface area contributed by atoms with Crippen LogP contribution in [0, 0.1) is 5.92 Å². The van der Waals surface area contributed by atoms with Crippen molar-refractivity contribution in [1.29, 1.82) is 0 Å². The summed E-state index contributed by atoms with van der Waals surface area (Å²) in [6, 6.07) is 17.6. The summed E-state index contributed by atoms with van der Waals surface area (Å²) in [4.78, 5) is 11.9. The zero-order chi connectivity index (χ0) is 17.4. The third-order valence-corrected chi connectivity index (χ3v) is 3.86. The Morgan fingerprint density at radius 2 is 1.75 bits per heavy atom. The van der Waals surface area contributed by atoms with Crippen molar-refractivity contribution in [2.75, 3.05) is 13.2 Å².